The second-order valence-electron chi connectivity index (χ2n) is 7.80. The number of fused-ring (bicyclic) bond motifs is 1. The van der Waals surface area contributed by atoms with E-state index in [-0.39, 0.29) is 18.3 Å². The molecule has 0 aromatic heterocycles. The van der Waals surface area contributed by atoms with Crippen LogP contribution in [0.4, 0.5) is 0 Å². The average molecular weight is 442 g/mol. The highest BCUT2D eigenvalue weighted by molar-refractivity contribution is 5.79. The van der Waals surface area contributed by atoms with Gasteiger partial charge in [0.15, 0.2) is 11.5 Å². The van der Waals surface area contributed by atoms with Gasteiger partial charge in [0.25, 0.3) is 0 Å². The first-order chi connectivity index (χ1) is 15.5. The molecule has 1 atom stereocenters. The molecule has 2 aromatic carbocycles. The molecular formula is C25H31NO6. The second-order valence-corrected chi connectivity index (χ2v) is 7.80. The highest BCUT2D eigenvalue weighted by Crippen LogP contribution is 2.39. The second kappa shape index (κ2) is 10.9. The molecule has 0 aliphatic carbocycles. The van der Waals surface area contributed by atoms with Crippen LogP contribution in [0.25, 0.3) is 0 Å². The van der Waals surface area contributed by atoms with Crippen LogP contribution in [0.5, 0.6) is 17.2 Å². The van der Waals surface area contributed by atoms with Crippen LogP contribution in [0.2, 0.25) is 0 Å². The van der Waals surface area contributed by atoms with Crippen molar-refractivity contribution in [3.63, 3.8) is 0 Å². The molecule has 0 saturated carbocycles. The number of esters is 1. The van der Waals surface area contributed by atoms with Crippen molar-refractivity contribution >= 4 is 11.9 Å². The van der Waals surface area contributed by atoms with Crippen molar-refractivity contribution in [2.24, 2.45) is 0 Å². The van der Waals surface area contributed by atoms with Gasteiger partial charge in [0.1, 0.15) is 5.75 Å². The van der Waals surface area contributed by atoms with Gasteiger partial charge in [-0.25, -0.2) is 0 Å². The fourth-order valence-electron chi connectivity index (χ4n) is 3.98. The van der Waals surface area contributed by atoms with E-state index in [0.717, 1.165) is 16.9 Å². The standard InChI is InChI=1S/C25H31NO6/c1-17-7-9-19(10-8-17)32-13-5-6-24(27)26-12-11-18-14-22(29-2)23(30-3)15-20(18)21(26)16-25(28)31-4/h7-10,14-15,21H,5-6,11-13,16H2,1-4H3/t21-/m1/s1. The fourth-order valence-corrected chi connectivity index (χ4v) is 3.98. The minimum atomic E-state index is -0.406. The zero-order valence-electron chi connectivity index (χ0n) is 19.2. The maximum absolute atomic E-state index is 13.1. The third-order valence-electron chi connectivity index (χ3n) is 5.74. The van der Waals surface area contributed by atoms with E-state index < -0.39 is 6.04 Å². The summed E-state index contributed by atoms with van der Waals surface area (Å²) in [6.07, 6.45) is 1.70. The topological polar surface area (TPSA) is 74.3 Å². The number of hydrogen-bond donors (Lipinski definition) is 0. The highest BCUT2D eigenvalue weighted by Gasteiger charge is 2.33. The number of benzene rings is 2. The van der Waals surface area contributed by atoms with Gasteiger partial charge in [-0.2, -0.15) is 0 Å². The van der Waals surface area contributed by atoms with E-state index in [0.29, 0.717) is 43.9 Å². The minimum absolute atomic E-state index is 0.00755. The summed E-state index contributed by atoms with van der Waals surface area (Å²) in [7, 11) is 4.52. The Morgan fingerprint density at radius 2 is 1.72 bits per heavy atom. The summed E-state index contributed by atoms with van der Waals surface area (Å²) >= 11 is 0. The number of aryl methyl sites for hydroxylation is 1. The van der Waals surface area contributed by atoms with Gasteiger partial charge in [0.05, 0.1) is 40.4 Å². The molecule has 3 rings (SSSR count). The number of carbonyl (C=O) groups is 2. The Morgan fingerprint density at radius 1 is 1.03 bits per heavy atom. The van der Waals surface area contributed by atoms with Crippen molar-refractivity contribution in [1.82, 2.24) is 4.90 Å². The van der Waals surface area contributed by atoms with Crippen LogP contribution in [0, 0.1) is 6.92 Å². The van der Waals surface area contributed by atoms with Crippen molar-refractivity contribution < 1.29 is 28.5 Å². The van der Waals surface area contributed by atoms with Crippen LogP contribution >= 0.6 is 0 Å². The number of carbonyl (C=O) groups excluding carboxylic acids is 2. The molecule has 7 nitrogen and oxygen atoms in total. The lowest BCUT2D eigenvalue weighted by Crippen LogP contribution is -2.41. The van der Waals surface area contributed by atoms with Crippen molar-refractivity contribution in [3.8, 4) is 17.2 Å². The van der Waals surface area contributed by atoms with E-state index in [4.69, 9.17) is 18.9 Å². The van der Waals surface area contributed by atoms with Crippen molar-refractivity contribution in [2.75, 3.05) is 34.5 Å². The molecule has 0 N–H and O–H groups in total. The van der Waals surface area contributed by atoms with E-state index in [1.54, 1.807) is 19.1 Å². The van der Waals surface area contributed by atoms with Crippen molar-refractivity contribution in [3.05, 3.63) is 53.1 Å². The van der Waals surface area contributed by atoms with Crippen LogP contribution in [0.3, 0.4) is 0 Å². The summed E-state index contributed by atoms with van der Waals surface area (Å²) in [5, 5.41) is 0. The third-order valence-corrected chi connectivity index (χ3v) is 5.74. The van der Waals surface area contributed by atoms with Crippen LogP contribution in [-0.4, -0.2) is 51.3 Å². The zero-order chi connectivity index (χ0) is 23.1. The molecule has 0 bridgehead atoms. The minimum Gasteiger partial charge on any atom is -0.494 e. The molecule has 1 heterocycles. The highest BCUT2D eigenvalue weighted by atomic mass is 16.5. The maximum atomic E-state index is 13.1. The van der Waals surface area contributed by atoms with Gasteiger partial charge < -0.3 is 23.8 Å². The summed E-state index contributed by atoms with van der Waals surface area (Å²) in [6.45, 7) is 3.00. The Kier molecular flexibility index (Phi) is 7.98. The number of methoxy groups -OCH3 is 3. The maximum Gasteiger partial charge on any atom is 0.307 e. The molecule has 0 spiro atoms. The number of hydrogen-bond acceptors (Lipinski definition) is 6. The Morgan fingerprint density at radius 3 is 2.38 bits per heavy atom. The molecule has 172 valence electrons. The normalized spacial score (nSPS) is 15.0. The lowest BCUT2D eigenvalue weighted by Gasteiger charge is -2.37. The monoisotopic (exact) mass is 441 g/mol. The van der Waals surface area contributed by atoms with E-state index in [1.165, 1.54) is 12.7 Å². The summed E-state index contributed by atoms with van der Waals surface area (Å²) in [6, 6.07) is 11.2. The van der Waals surface area contributed by atoms with Crippen LogP contribution in [-0.2, 0) is 20.7 Å². The summed E-state index contributed by atoms with van der Waals surface area (Å²) in [4.78, 5) is 27.0. The van der Waals surface area contributed by atoms with E-state index in [1.807, 2.05) is 43.3 Å². The molecule has 1 amide bonds. The number of amides is 1. The van der Waals surface area contributed by atoms with Crippen molar-refractivity contribution in [2.45, 2.75) is 38.6 Å². The van der Waals surface area contributed by atoms with Crippen LogP contribution in [0.15, 0.2) is 36.4 Å². The molecule has 2 aromatic rings. The van der Waals surface area contributed by atoms with Crippen LogP contribution in [0.1, 0.15) is 42.0 Å². The van der Waals surface area contributed by atoms with Gasteiger partial charge in [0, 0.05) is 13.0 Å². The SMILES string of the molecule is COC(=O)C[C@@H]1c2cc(OC)c(OC)cc2CCN1C(=O)CCCOc1ccc(C)cc1. The molecule has 0 saturated heterocycles. The Balaban J connectivity index is 1.70. The van der Waals surface area contributed by atoms with Crippen molar-refractivity contribution in [1.29, 1.82) is 0 Å². The molecule has 1 aliphatic rings. The number of ether oxygens (including phenoxy) is 4. The molecule has 32 heavy (non-hydrogen) atoms. The smallest absolute Gasteiger partial charge is 0.307 e. The molecule has 1 aliphatic heterocycles. The first-order valence-electron chi connectivity index (χ1n) is 10.8. The zero-order valence-corrected chi connectivity index (χ0v) is 19.2. The molecule has 0 radical (unpaired) electrons. The Labute approximate surface area is 189 Å². The Hall–Kier alpha value is -3.22. The Bertz CT molecular complexity index is 940. The summed E-state index contributed by atoms with van der Waals surface area (Å²) in [5.74, 6) is 1.63. The predicted octanol–water partition coefficient (Wildman–Crippen LogP) is 3.86. The van der Waals surface area contributed by atoms with E-state index >= 15 is 0 Å². The van der Waals surface area contributed by atoms with Gasteiger partial charge in [0.2, 0.25) is 5.91 Å². The first-order valence-corrected chi connectivity index (χ1v) is 10.8. The lowest BCUT2D eigenvalue weighted by atomic mass is 9.89. The largest absolute Gasteiger partial charge is 0.494 e. The van der Waals surface area contributed by atoms with Gasteiger partial charge in [-0.1, -0.05) is 17.7 Å². The fraction of sp³-hybridized carbons (Fsp3) is 0.440. The number of nitrogens with zero attached hydrogens (tertiary/aromatic N) is 1. The van der Waals surface area contributed by atoms with Gasteiger partial charge in [-0.3, -0.25) is 9.59 Å². The van der Waals surface area contributed by atoms with Gasteiger partial charge >= 0.3 is 5.97 Å². The number of rotatable bonds is 9. The van der Waals surface area contributed by atoms with E-state index in [9.17, 15) is 9.59 Å². The van der Waals surface area contributed by atoms with Gasteiger partial charge in [-0.15, -0.1) is 0 Å². The molecule has 0 unspecified atom stereocenters. The first kappa shape index (κ1) is 23.4. The molecule has 0 fully saturated rings. The summed E-state index contributed by atoms with van der Waals surface area (Å²) < 4.78 is 21.5. The predicted molar refractivity (Wildman–Crippen MR) is 120 cm³/mol. The van der Waals surface area contributed by atoms with Crippen LogP contribution < -0.4 is 14.2 Å². The third kappa shape index (κ3) is 5.52. The van der Waals surface area contributed by atoms with Gasteiger partial charge in [-0.05, 0) is 55.2 Å². The molecular weight excluding hydrogens is 410 g/mol. The molecule has 7 heteroatoms. The average Bonchev–Trinajstić information content (AvgIpc) is 2.81. The quantitative estimate of drug-likeness (QED) is 0.435. The van der Waals surface area contributed by atoms with E-state index in [2.05, 4.69) is 0 Å². The summed E-state index contributed by atoms with van der Waals surface area (Å²) in [5.41, 5.74) is 3.11. The lowest BCUT2D eigenvalue weighted by molar-refractivity contribution is -0.144.